The minimum absolute atomic E-state index is 0.657. The molecule has 1 N–H and O–H groups in total. The number of nitrogens with one attached hydrogen (secondary N) is 1. The van der Waals surface area contributed by atoms with E-state index in [-0.39, 0.29) is 0 Å². The molecule has 0 amide bonds. The van der Waals surface area contributed by atoms with Crippen LogP contribution >= 0.6 is 0 Å². The molecule has 1 saturated carbocycles. The maximum absolute atomic E-state index is 4.78. The first-order valence-electron chi connectivity index (χ1n) is 10.3. The molecular weight excluding hydrogens is 346 g/mol. The second kappa shape index (κ2) is 7.23. The van der Waals surface area contributed by atoms with Crippen molar-refractivity contribution in [2.24, 2.45) is 0 Å². The van der Waals surface area contributed by atoms with E-state index in [1.54, 1.807) is 6.20 Å². The van der Waals surface area contributed by atoms with E-state index in [4.69, 9.17) is 10.1 Å². The molecule has 5 heteroatoms. The van der Waals surface area contributed by atoms with Crippen LogP contribution in [0.4, 0.5) is 0 Å². The van der Waals surface area contributed by atoms with Gasteiger partial charge in [-0.25, -0.2) is 4.98 Å². The van der Waals surface area contributed by atoms with Crippen molar-refractivity contribution in [2.75, 3.05) is 0 Å². The Morgan fingerprint density at radius 2 is 1.96 bits per heavy atom. The predicted molar refractivity (Wildman–Crippen MR) is 112 cm³/mol. The molecule has 1 aliphatic rings. The minimum atomic E-state index is 0.657. The molecule has 142 valence electrons. The topological polar surface area (TPSA) is 59.4 Å². The van der Waals surface area contributed by atoms with Gasteiger partial charge in [0, 0.05) is 47.3 Å². The molecule has 0 aliphatic heterocycles. The van der Waals surface area contributed by atoms with E-state index in [2.05, 4.69) is 35.1 Å². The van der Waals surface area contributed by atoms with Crippen LogP contribution in [0.15, 0.2) is 48.9 Å². The highest BCUT2D eigenvalue weighted by molar-refractivity contribution is 5.82. The highest BCUT2D eigenvalue weighted by Gasteiger charge is 2.18. The summed E-state index contributed by atoms with van der Waals surface area (Å²) in [5, 5.41) is 5.96. The number of aryl methyl sites for hydroxylation is 1. The van der Waals surface area contributed by atoms with Crippen molar-refractivity contribution in [2.45, 2.75) is 51.5 Å². The fourth-order valence-corrected chi connectivity index (χ4v) is 4.36. The third-order valence-electron chi connectivity index (χ3n) is 5.87. The number of hydrogen-bond acceptors (Lipinski definition) is 3. The molecule has 0 saturated heterocycles. The van der Waals surface area contributed by atoms with Crippen molar-refractivity contribution in [3.63, 3.8) is 0 Å². The second-order valence-corrected chi connectivity index (χ2v) is 7.69. The van der Waals surface area contributed by atoms with Crippen LogP contribution in [0.25, 0.3) is 33.5 Å². The summed E-state index contributed by atoms with van der Waals surface area (Å²) in [5.74, 6) is 0.657. The molecule has 28 heavy (non-hydrogen) atoms. The predicted octanol–water partition coefficient (Wildman–Crippen LogP) is 5.56. The smallest absolute Gasteiger partial charge is 0.137 e. The lowest BCUT2D eigenvalue weighted by Crippen LogP contribution is -2.04. The molecule has 0 unspecified atom stereocenters. The van der Waals surface area contributed by atoms with Crippen molar-refractivity contribution < 1.29 is 0 Å². The van der Waals surface area contributed by atoms with Crippen LogP contribution in [0.5, 0.6) is 0 Å². The van der Waals surface area contributed by atoms with Gasteiger partial charge < -0.3 is 4.98 Å². The summed E-state index contributed by atoms with van der Waals surface area (Å²) in [4.78, 5) is 12.5. The Bertz CT molecular complexity index is 1090. The van der Waals surface area contributed by atoms with E-state index in [0.29, 0.717) is 5.92 Å². The molecule has 0 atom stereocenters. The largest absolute Gasteiger partial charge is 0.343 e. The van der Waals surface area contributed by atoms with Crippen LogP contribution in [0.2, 0.25) is 0 Å². The summed E-state index contributed by atoms with van der Waals surface area (Å²) in [7, 11) is 0. The minimum Gasteiger partial charge on any atom is -0.343 e. The van der Waals surface area contributed by atoms with Gasteiger partial charge in [-0.2, -0.15) is 5.10 Å². The fraction of sp³-hybridized carbons (Fsp3) is 0.348. The third kappa shape index (κ3) is 3.11. The second-order valence-electron chi connectivity index (χ2n) is 7.69. The zero-order valence-electron chi connectivity index (χ0n) is 16.2. The Balaban J connectivity index is 1.53. The highest BCUT2D eigenvalue weighted by Crippen LogP contribution is 2.34. The highest BCUT2D eigenvalue weighted by atomic mass is 15.3. The maximum Gasteiger partial charge on any atom is 0.137 e. The summed E-state index contributed by atoms with van der Waals surface area (Å²) < 4.78 is 2.04. The van der Waals surface area contributed by atoms with Gasteiger partial charge in [0.25, 0.3) is 0 Å². The monoisotopic (exact) mass is 371 g/mol. The van der Waals surface area contributed by atoms with Crippen molar-refractivity contribution in [3.8, 4) is 22.5 Å². The van der Waals surface area contributed by atoms with E-state index in [1.807, 2.05) is 29.2 Å². The molecule has 0 spiro atoms. The average molecular weight is 371 g/mol. The molecule has 1 fully saturated rings. The maximum atomic E-state index is 4.78. The first kappa shape index (κ1) is 17.2. The molecule has 4 aromatic heterocycles. The summed E-state index contributed by atoms with van der Waals surface area (Å²) in [6, 6.07) is 10.7. The Labute approximate surface area is 164 Å². The van der Waals surface area contributed by atoms with Crippen LogP contribution < -0.4 is 0 Å². The molecule has 0 bridgehead atoms. The Kier molecular flexibility index (Phi) is 4.43. The SMILES string of the molecule is CCn1nc(-c2cccnc2)cc1-c1cnc2[nH]c(C3CCCCC3)cc2c1. The number of hydrogen-bond donors (Lipinski definition) is 1. The number of pyridine rings is 2. The van der Waals surface area contributed by atoms with Crippen molar-refractivity contribution in [1.82, 2.24) is 24.7 Å². The Hall–Kier alpha value is -2.95. The quantitative estimate of drug-likeness (QED) is 0.511. The lowest BCUT2D eigenvalue weighted by molar-refractivity contribution is 0.438. The zero-order chi connectivity index (χ0) is 18.9. The number of fused-ring (bicyclic) bond motifs is 1. The van der Waals surface area contributed by atoms with Gasteiger partial charge in [-0.15, -0.1) is 0 Å². The van der Waals surface area contributed by atoms with Gasteiger partial charge in [-0.1, -0.05) is 19.3 Å². The van der Waals surface area contributed by atoms with E-state index in [0.717, 1.165) is 34.7 Å². The van der Waals surface area contributed by atoms with Crippen LogP contribution in [0.1, 0.15) is 50.6 Å². The van der Waals surface area contributed by atoms with Crippen LogP contribution in [-0.4, -0.2) is 24.7 Å². The summed E-state index contributed by atoms with van der Waals surface area (Å²) in [6.45, 7) is 2.93. The van der Waals surface area contributed by atoms with Crippen molar-refractivity contribution >= 4 is 11.0 Å². The number of H-pyrrole nitrogens is 1. The standard InChI is InChI=1S/C23H25N5/c1-2-28-22(13-21(27-28)17-9-6-10-24-14-17)19-11-18-12-20(26-23(18)25-15-19)16-7-4-3-5-8-16/h6,9-16H,2-5,7-8H2,1H3,(H,25,26). The van der Waals surface area contributed by atoms with Crippen LogP contribution in [0, 0.1) is 0 Å². The van der Waals surface area contributed by atoms with Crippen molar-refractivity contribution in [3.05, 3.63) is 54.6 Å². The number of aromatic amines is 1. The average Bonchev–Trinajstić information content (AvgIpc) is 3.39. The number of rotatable bonds is 4. The van der Waals surface area contributed by atoms with Gasteiger partial charge in [0.15, 0.2) is 0 Å². The molecule has 5 rings (SSSR count). The molecule has 4 heterocycles. The molecular formula is C23H25N5. The summed E-state index contributed by atoms with van der Waals surface area (Å²) >= 11 is 0. The number of nitrogens with zero attached hydrogens (tertiary/aromatic N) is 4. The van der Waals surface area contributed by atoms with Gasteiger partial charge >= 0.3 is 0 Å². The molecule has 4 aromatic rings. The lowest BCUT2D eigenvalue weighted by Gasteiger charge is -2.20. The third-order valence-corrected chi connectivity index (χ3v) is 5.87. The first-order chi connectivity index (χ1) is 13.8. The van der Waals surface area contributed by atoms with E-state index in [1.165, 1.54) is 43.2 Å². The van der Waals surface area contributed by atoms with E-state index < -0.39 is 0 Å². The van der Waals surface area contributed by atoms with E-state index >= 15 is 0 Å². The molecule has 5 nitrogen and oxygen atoms in total. The van der Waals surface area contributed by atoms with Crippen LogP contribution in [-0.2, 0) is 6.54 Å². The van der Waals surface area contributed by atoms with Gasteiger partial charge in [0.1, 0.15) is 5.65 Å². The normalized spacial score (nSPS) is 15.3. The summed E-state index contributed by atoms with van der Waals surface area (Å²) in [6.07, 6.45) is 12.2. The number of aromatic nitrogens is 5. The lowest BCUT2D eigenvalue weighted by atomic mass is 9.87. The molecule has 1 aliphatic carbocycles. The fourth-order valence-electron chi connectivity index (χ4n) is 4.36. The van der Waals surface area contributed by atoms with Crippen LogP contribution in [0.3, 0.4) is 0 Å². The van der Waals surface area contributed by atoms with Gasteiger partial charge in [-0.3, -0.25) is 9.67 Å². The van der Waals surface area contributed by atoms with E-state index in [9.17, 15) is 0 Å². The Morgan fingerprint density at radius 1 is 1.07 bits per heavy atom. The first-order valence-corrected chi connectivity index (χ1v) is 10.3. The van der Waals surface area contributed by atoms with Crippen molar-refractivity contribution in [1.29, 1.82) is 0 Å². The van der Waals surface area contributed by atoms with Gasteiger partial charge in [0.2, 0.25) is 0 Å². The molecule has 0 radical (unpaired) electrons. The Morgan fingerprint density at radius 3 is 2.75 bits per heavy atom. The zero-order valence-corrected chi connectivity index (χ0v) is 16.2. The van der Waals surface area contributed by atoms with Gasteiger partial charge in [0.05, 0.1) is 11.4 Å². The van der Waals surface area contributed by atoms with Gasteiger partial charge in [-0.05, 0) is 56.0 Å². The molecule has 0 aromatic carbocycles. The summed E-state index contributed by atoms with van der Waals surface area (Å²) in [5.41, 5.74) is 6.51.